The number of phosphoric acid groups is 2. The summed E-state index contributed by atoms with van der Waals surface area (Å²) in [5.74, 6) is 0.280. The Labute approximate surface area is 607 Å². The van der Waals surface area contributed by atoms with E-state index in [-0.39, 0.29) is 25.7 Å². The van der Waals surface area contributed by atoms with E-state index in [1.54, 1.807) is 0 Å². The van der Waals surface area contributed by atoms with Crippen molar-refractivity contribution >= 4 is 39.5 Å². The van der Waals surface area contributed by atoms with Gasteiger partial charge in [-0.1, -0.05) is 363 Å². The summed E-state index contributed by atoms with van der Waals surface area (Å²) in [6.45, 7) is 11.9. The van der Waals surface area contributed by atoms with Crippen LogP contribution in [0.5, 0.6) is 0 Å². The molecule has 0 amide bonds. The van der Waals surface area contributed by atoms with Gasteiger partial charge < -0.3 is 33.8 Å². The van der Waals surface area contributed by atoms with Crippen molar-refractivity contribution in [2.24, 2.45) is 17.8 Å². The summed E-state index contributed by atoms with van der Waals surface area (Å²) in [6, 6.07) is 0. The summed E-state index contributed by atoms with van der Waals surface area (Å²) in [5.41, 5.74) is 0. The second-order valence-electron chi connectivity index (χ2n) is 30.2. The first-order valence-corrected chi connectivity index (χ1v) is 44.3. The monoisotopic (exact) mass is 1450 g/mol. The van der Waals surface area contributed by atoms with E-state index < -0.39 is 97.5 Å². The average molecular weight is 1450 g/mol. The molecular weight excluding hydrogens is 1290 g/mol. The van der Waals surface area contributed by atoms with Gasteiger partial charge in [0.2, 0.25) is 0 Å². The quantitative estimate of drug-likeness (QED) is 0.0222. The number of hydrogen-bond donors (Lipinski definition) is 3. The highest BCUT2D eigenvalue weighted by molar-refractivity contribution is 7.47. The summed E-state index contributed by atoms with van der Waals surface area (Å²) in [5, 5.41) is 10.6. The van der Waals surface area contributed by atoms with Crippen molar-refractivity contribution in [3.63, 3.8) is 0 Å². The van der Waals surface area contributed by atoms with Crippen molar-refractivity contribution in [1.82, 2.24) is 0 Å². The summed E-state index contributed by atoms with van der Waals surface area (Å²) in [7, 11) is -9.91. The number of aliphatic hydroxyl groups excluding tert-OH is 1. The van der Waals surface area contributed by atoms with Gasteiger partial charge in [-0.2, -0.15) is 0 Å². The minimum Gasteiger partial charge on any atom is -0.462 e. The molecule has 0 spiro atoms. The van der Waals surface area contributed by atoms with Crippen LogP contribution in [0.3, 0.4) is 0 Å². The number of aliphatic hydroxyl groups is 1. The third kappa shape index (κ3) is 74.1. The van der Waals surface area contributed by atoms with Crippen LogP contribution in [0.2, 0.25) is 0 Å². The predicted octanol–water partition coefficient (Wildman–Crippen LogP) is 23.7. The highest BCUT2D eigenvalue weighted by Gasteiger charge is 2.30. The maximum Gasteiger partial charge on any atom is 0.472 e. The molecular formula is C80H156O17P2. The van der Waals surface area contributed by atoms with Crippen LogP contribution in [0, 0.1) is 17.8 Å². The molecule has 0 saturated heterocycles. The van der Waals surface area contributed by atoms with Crippen molar-refractivity contribution in [2.75, 3.05) is 39.6 Å². The van der Waals surface area contributed by atoms with Crippen LogP contribution >= 0.6 is 15.6 Å². The third-order valence-corrected chi connectivity index (χ3v) is 20.5. The maximum absolute atomic E-state index is 13.1. The molecule has 0 saturated carbocycles. The highest BCUT2D eigenvalue weighted by atomic mass is 31.2. The van der Waals surface area contributed by atoms with Crippen LogP contribution in [0.4, 0.5) is 0 Å². The Morgan fingerprint density at radius 1 is 0.273 bits per heavy atom. The number of phosphoric ester groups is 2. The Hall–Kier alpha value is -1.94. The predicted molar refractivity (Wildman–Crippen MR) is 405 cm³/mol. The van der Waals surface area contributed by atoms with Crippen molar-refractivity contribution in [3.05, 3.63) is 0 Å². The second kappa shape index (κ2) is 70.4. The molecule has 0 rings (SSSR count). The minimum atomic E-state index is -4.96. The fraction of sp³-hybridized carbons (Fsp3) is 0.950. The van der Waals surface area contributed by atoms with Crippen LogP contribution in [0.1, 0.15) is 414 Å². The van der Waals surface area contributed by atoms with E-state index in [1.807, 2.05) is 0 Å². The van der Waals surface area contributed by atoms with E-state index in [9.17, 15) is 43.2 Å². The van der Waals surface area contributed by atoms with Gasteiger partial charge in [0.15, 0.2) is 12.2 Å². The zero-order chi connectivity index (χ0) is 73.0. The number of carbonyl (C=O) groups excluding carboxylic acids is 4. The van der Waals surface area contributed by atoms with E-state index in [2.05, 4.69) is 48.5 Å². The van der Waals surface area contributed by atoms with Gasteiger partial charge in [0.05, 0.1) is 26.4 Å². The second-order valence-corrected chi connectivity index (χ2v) is 33.1. The molecule has 0 aromatic carbocycles. The van der Waals surface area contributed by atoms with E-state index in [0.29, 0.717) is 25.7 Å². The zero-order valence-corrected chi connectivity index (χ0v) is 66.8. The Kier molecular flexibility index (Phi) is 69.0. The van der Waals surface area contributed by atoms with Crippen molar-refractivity contribution in [1.29, 1.82) is 0 Å². The van der Waals surface area contributed by atoms with Crippen molar-refractivity contribution in [3.8, 4) is 0 Å². The minimum absolute atomic E-state index is 0.106. The molecule has 3 N–H and O–H groups in total. The summed E-state index contributed by atoms with van der Waals surface area (Å²) >= 11 is 0. The fourth-order valence-corrected chi connectivity index (χ4v) is 13.9. The molecule has 0 aliphatic rings. The van der Waals surface area contributed by atoms with Gasteiger partial charge in [-0.15, -0.1) is 0 Å². The topological polar surface area (TPSA) is 237 Å². The summed E-state index contributed by atoms with van der Waals surface area (Å²) < 4.78 is 68.4. The molecule has 0 aromatic heterocycles. The van der Waals surface area contributed by atoms with Crippen LogP contribution in [0.25, 0.3) is 0 Å². The zero-order valence-electron chi connectivity index (χ0n) is 65.0. The smallest absolute Gasteiger partial charge is 0.462 e. The first-order valence-electron chi connectivity index (χ1n) is 41.3. The van der Waals surface area contributed by atoms with Crippen LogP contribution < -0.4 is 0 Å². The number of esters is 4. The molecule has 19 heteroatoms. The molecule has 0 aromatic rings. The Balaban J connectivity index is 5.12. The molecule has 0 bridgehead atoms. The summed E-state index contributed by atoms with van der Waals surface area (Å²) in [6.07, 6.45) is 58.8. The Bertz CT molecular complexity index is 1920. The largest absolute Gasteiger partial charge is 0.472 e. The molecule has 17 nitrogen and oxygen atoms in total. The lowest BCUT2D eigenvalue weighted by atomic mass is 10.0. The van der Waals surface area contributed by atoms with E-state index >= 15 is 0 Å². The fourth-order valence-electron chi connectivity index (χ4n) is 12.3. The lowest BCUT2D eigenvalue weighted by Gasteiger charge is -2.21. The third-order valence-electron chi connectivity index (χ3n) is 18.6. The first-order chi connectivity index (χ1) is 47.7. The van der Waals surface area contributed by atoms with E-state index in [1.165, 1.54) is 218 Å². The van der Waals surface area contributed by atoms with Gasteiger partial charge in [0.25, 0.3) is 0 Å². The van der Waals surface area contributed by atoms with Gasteiger partial charge in [-0.3, -0.25) is 37.3 Å². The van der Waals surface area contributed by atoms with Crippen molar-refractivity contribution < 1.29 is 80.2 Å². The molecule has 0 aliphatic heterocycles. The number of ether oxygens (including phenoxy) is 4. The average Bonchev–Trinajstić information content (AvgIpc) is 1.01. The van der Waals surface area contributed by atoms with E-state index in [4.69, 9.17) is 37.0 Å². The Morgan fingerprint density at radius 3 is 0.687 bits per heavy atom. The molecule has 2 unspecified atom stereocenters. The van der Waals surface area contributed by atoms with Crippen LogP contribution in [0.15, 0.2) is 0 Å². The standard InChI is InChI=1S/C80H156O17P2/c1-8-9-10-44-54-61-77(82)90-67-75(96-79(84)63-57-50-43-37-31-25-24-28-34-40-47-53-60-73(6)7)69-94-98(86,87)92-65-74(81)66-93-99(88,89)95-70-76(68-91-78(83)62-55-48-41-35-29-22-19-15-17-21-27-33-39-46-52-59-72(4)5)97-80(85)64-56-49-42-36-30-23-18-14-12-11-13-16-20-26-32-38-45-51-58-71(2)3/h71-76,81H,8-70H2,1-7H3,(H,86,87)(H,88,89)/t74-,75+,76+/m0/s1. The lowest BCUT2D eigenvalue weighted by molar-refractivity contribution is -0.161. The molecule has 0 fully saturated rings. The molecule has 0 heterocycles. The lowest BCUT2D eigenvalue weighted by Crippen LogP contribution is -2.30. The molecule has 0 aliphatic carbocycles. The Morgan fingerprint density at radius 2 is 0.465 bits per heavy atom. The highest BCUT2D eigenvalue weighted by Crippen LogP contribution is 2.45. The molecule has 99 heavy (non-hydrogen) atoms. The SMILES string of the molecule is CCCCCCCC(=O)OC[C@H](COP(=O)(O)OC[C@H](O)COP(=O)(O)OC[C@@H](COC(=O)CCCCCCCCCCCCCCCCCC(C)C)OC(=O)CCCCCCCCCCCCCCCCCCCCC(C)C)OC(=O)CCCCCCCCCCCCCCC(C)C. The first kappa shape index (κ1) is 97.1. The van der Waals surface area contributed by atoms with Gasteiger partial charge >= 0.3 is 39.5 Å². The van der Waals surface area contributed by atoms with E-state index in [0.717, 1.165) is 114 Å². The van der Waals surface area contributed by atoms with Crippen LogP contribution in [-0.2, 0) is 65.4 Å². The number of unbranched alkanes of at least 4 members (excludes halogenated alkanes) is 46. The van der Waals surface area contributed by atoms with Gasteiger partial charge in [0, 0.05) is 25.7 Å². The molecule has 0 radical (unpaired) electrons. The van der Waals surface area contributed by atoms with Gasteiger partial charge in [0.1, 0.15) is 19.3 Å². The number of hydrogen-bond acceptors (Lipinski definition) is 15. The molecule has 5 atom stereocenters. The summed E-state index contributed by atoms with van der Waals surface area (Å²) in [4.78, 5) is 72.7. The normalized spacial score (nSPS) is 14.0. The van der Waals surface area contributed by atoms with Gasteiger partial charge in [-0.25, -0.2) is 9.13 Å². The number of rotatable bonds is 78. The van der Waals surface area contributed by atoms with Crippen LogP contribution in [-0.4, -0.2) is 96.7 Å². The van der Waals surface area contributed by atoms with Crippen molar-refractivity contribution in [2.45, 2.75) is 433 Å². The van der Waals surface area contributed by atoms with Gasteiger partial charge in [-0.05, 0) is 43.4 Å². The maximum atomic E-state index is 13.1. The molecule has 588 valence electrons. The number of carbonyl (C=O) groups is 4.